The summed E-state index contributed by atoms with van der Waals surface area (Å²) in [5.41, 5.74) is 2.65. The monoisotopic (exact) mass is 416 g/mol. The van der Waals surface area contributed by atoms with E-state index in [1.54, 1.807) is 6.08 Å². The van der Waals surface area contributed by atoms with Gasteiger partial charge in [0.25, 0.3) is 0 Å². The van der Waals surface area contributed by atoms with Gasteiger partial charge in [-0.1, -0.05) is 130 Å². The number of hydrogen-bond acceptors (Lipinski definition) is 1. The van der Waals surface area contributed by atoms with Crippen molar-refractivity contribution in [2.75, 3.05) is 0 Å². The molecule has 32 heavy (non-hydrogen) atoms. The van der Waals surface area contributed by atoms with Crippen molar-refractivity contribution in [2.45, 2.75) is 56.7 Å². The Morgan fingerprint density at radius 2 is 1.22 bits per heavy atom. The zero-order valence-electron chi connectivity index (χ0n) is 19.3. The van der Waals surface area contributed by atoms with Crippen molar-refractivity contribution in [1.82, 2.24) is 0 Å². The van der Waals surface area contributed by atoms with E-state index in [1.165, 1.54) is 32.1 Å². The Bertz CT molecular complexity index is 820. The van der Waals surface area contributed by atoms with Crippen molar-refractivity contribution >= 4 is 0 Å². The summed E-state index contributed by atoms with van der Waals surface area (Å²) in [6.07, 6.45) is 10.6. The summed E-state index contributed by atoms with van der Waals surface area (Å²) in [5, 5.41) is 0. The van der Waals surface area contributed by atoms with Crippen LogP contribution < -0.4 is 18.9 Å². The molecule has 1 fully saturated rings. The van der Waals surface area contributed by atoms with Crippen molar-refractivity contribution in [3.05, 3.63) is 120 Å². The summed E-state index contributed by atoms with van der Waals surface area (Å²) >= 11 is 0. The number of hydrogen-bond donors (Lipinski definition) is 0. The molecule has 3 aromatic carbocycles. The van der Waals surface area contributed by atoms with Gasteiger partial charge in [-0.2, -0.15) is 0 Å². The molecule has 0 spiro atoms. The minimum absolute atomic E-state index is 0. The smallest absolute Gasteiger partial charge is 0.515 e. The van der Waals surface area contributed by atoms with Gasteiger partial charge in [-0.05, 0) is 29.0 Å². The number of benzene rings is 3. The van der Waals surface area contributed by atoms with E-state index in [0.29, 0.717) is 0 Å². The van der Waals surface area contributed by atoms with E-state index in [2.05, 4.69) is 91.0 Å². The molecule has 3 aromatic rings. The second kappa shape index (κ2) is 12.3. The SMILES string of the molecule is [CH-]=CC(CCCC1CCCC1)OC(c1ccccc1)(c1ccccc1)c1ccccc1.[Li+]. The predicted octanol–water partition coefficient (Wildman–Crippen LogP) is 4.72. The van der Waals surface area contributed by atoms with Gasteiger partial charge >= 0.3 is 18.9 Å². The van der Waals surface area contributed by atoms with Gasteiger partial charge < -0.3 is 11.3 Å². The van der Waals surface area contributed by atoms with E-state index < -0.39 is 5.60 Å². The maximum Gasteiger partial charge on any atom is 1.00 e. The van der Waals surface area contributed by atoms with Gasteiger partial charge in [-0.3, -0.25) is 0 Å². The molecule has 1 aliphatic rings. The first-order valence-electron chi connectivity index (χ1n) is 11.7. The predicted molar refractivity (Wildman–Crippen MR) is 129 cm³/mol. The van der Waals surface area contributed by atoms with Crippen molar-refractivity contribution in [3.63, 3.8) is 0 Å². The molecule has 0 N–H and O–H groups in total. The zero-order chi connectivity index (χ0) is 21.4. The Labute approximate surface area is 206 Å². The molecule has 1 aliphatic carbocycles. The Morgan fingerprint density at radius 1 is 0.781 bits per heavy atom. The van der Waals surface area contributed by atoms with Crippen molar-refractivity contribution < 1.29 is 23.6 Å². The Kier molecular flexibility index (Phi) is 9.43. The molecular weight excluding hydrogens is 383 g/mol. The normalized spacial score (nSPS) is 15.1. The average Bonchev–Trinajstić information content (AvgIpc) is 3.37. The second-order valence-corrected chi connectivity index (χ2v) is 8.71. The average molecular weight is 417 g/mol. The van der Waals surface area contributed by atoms with Crippen LogP contribution in [0.3, 0.4) is 0 Å². The molecule has 0 radical (unpaired) electrons. The van der Waals surface area contributed by atoms with Crippen LogP contribution >= 0.6 is 0 Å². The standard InChI is InChI=1S/C30H33O.Li/c1-2-29(24-14-17-25-15-12-13-16-25)31-30(26-18-6-3-7-19-26,27-20-8-4-9-21-27)28-22-10-5-11-23-28;/h1-11,18-23,25,29H,12-17,24H2;/q-1;+1. The van der Waals surface area contributed by atoms with Crippen LogP contribution in [-0.4, -0.2) is 6.10 Å². The molecule has 2 heteroatoms. The third kappa shape index (κ3) is 5.65. The molecule has 4 rings (SSSR count). The summed E-state index contributed by atoms with van der Waals surface area (Å²) in [4.78, 5) is 0. The fourth-order valence-corrected chi connectivity index (χ4v) is 5.05. The number of ether oxygens (including phenoxy) is 1. The van der Waals surface area contributed by atoms with E-state index in [9.17, 15) is 0 Å². The molecule has 0 aromatic heterocycles. The van der Waals surface area contributed by atoms with Gasteiger partial charge in [0.2, 0.25) is 0 Å². The van der Waals surface area contributed by atoms with Gasteiger partial charge in [0, 0.05) is 6.10 Å². The first-order valence-corrected chi connectivity index (χ1v) is 11.7. The minimum Gasteiger partial charge on any atom is -0.515 e. The zero-order valence-corrected chi connectivity index (χ0v) is 19.3. The van der Waals surface area contributed by atoms with Gasteiger partial charge in [-0.25, -0.2) is 6.08 Å². The Balaban J connectivity index is 0.00000289. The quantitative estimate of drug-likeness (QED) is 0.264. The maximum absolute atomic E-state index is 7.03. The molecule has 0 aliphatic heterocycles. The largest absolute Gasteiger partial charge is 1.00 e. The fraction of sp³-hybridized carbons (Fsp3) is 0.333. The molecule has 0 saturated heterocycles. The van der Waals surface area contributed by atoms with Crippen LogP contribution in [0.4, 0.5) is 0 Å². The molecule has 0 bridgehead atoms. The molecule has 160 valence electrons. The van der Waals surface area contributed by atoms with Crippen LogP contribution in [0.5, 0.6) is 0 Å². The third-order valence-electron chi connectivity index (χ3n) is 6.66. The van der Waals surface area contributed by atoms with Crippen LogP contribution in [-0.2, 0) is 10.3 Å². The van der Waals surface area contributed by atoms with Crippen LogP contribution in [0.2, 0.25) is 0 Å². The number of rotatable bonds is 10. The Morgan fingerprint density at radius 3 is 1.62 bits per heavy atom. The van der Waals surface area contributed by atoms with Crippen LogP contribution in [0.15, 0.2) is 97.1 Å². The molecular formula is C30H33LiO. The first kappa shape index (κ1) is 24.6. The Hall–Kier alpha value is -2.04. The maximum atomic E-state index is 7.03. The summed E-state index contributed by atoms with van der Waals surface area (Å²) in [6, 6.07) is 31.6. The second-order valence-electron chi connectivity index (χ2n) is 8.71. The minimum atomic E-state index is -0.711. The van der Waals surface area contributed by atoms with Crippen LogP contribution in [0, 0.1) is 12.5 Å². The van der Waals surface area contributed by atoms with E-state index in [0.717, 1.165) is 35.4 Å². The molecule has 1 unspecified atom stereocenters. The third-order valence-corrected chi connectivity index (χ3v) is 6.66. The summed E-state index contributed by atoms with van der Waals surface area (Å²) < 4.78 is 7.03. The molecule has 1 nitrogen and oxygen atoms in total. The van der Waals surface area contributed by atoms with E-state index in [1.807, 2.05) is 0 Å². The topological polar surface area (TPSA) is 9.23 Å². The molecule has 0 heterocycles. The van der Waals surface area contributed by atoms with Crippen LogP contribution in [0.25, 0.3) is 0 Å². The van der Waals surface area contributed by atoms with E-state index >= 15 is 0 Å². The van der Waals surface area contributed by atoms with E-state index in [4.69, 9.17) is 11.3 Å². The summed E-state index contributed by atoms with van der Waals surface area (Å²) in [6.45, 7) is 6.16. The van der Waals surface area contributed by atoms with E-state index in [-0.39, 0.29) is 25.0 Å². The van der Waals surface area contributed by atoms with Crippen molar-refractivity contribution in [1.29, 1.82) is 0 Å². The molecule has 0 amide bonds. The molecule has 1 saturated carbocycles. The fourth-order valence-electron chi connectivity index (χ4n) is 5.05. The first-order chi connectivity index (χ1) is 15.3. The van der Waals surface area contributed by atoms with Crippen LogP contribution in [0.1, 0.15) is 61.6 Å². The van der Waals surface area contributed by atoms with Gasteiger partial charge in [0.15, 0.2) is 0 Å². The van der Waals surface area contributed by atoms with Gasteiger partial charge in [0.1, 0.15) is 5.60 Å². The van der Waals surface area contributed by atoms with Crippen molar-refractivity contribution in [2.24, 2.45) is 5.92 Å². The summed E-state index contributed by atoms with van der Waals surface area (Å²) in [7, 11) is 0. The van der Waals surface area contributed by atoms with Gasteiger partial charge in [-0.15, -0.1) is 0 Å². The van der Waals surface area contributed by atoms with Gasteiger partial charge in [0.05, 0.1) is 0 Å². The van der Waals surface area contributed by atoms with Crippen molar-refractivity contribution in [3.8, 4) is 0 Å². The molecule has 1 atom stereocenters. The summed E-state index contributed by atoms with van der Waals surface area (Å²) in [5.74, 6) is 0.889.